The smallest absolute Gasteiger partial charge is 0.137 e. The molecule has 4 heteroatoms. The average molecular weight is 260 g/mol. The molecule has 1 aliphatic rings. The fourth-order valence-corrected chi connectivity index (χ4v) is 1.89. The first-order chi connectivity index (χ1) is 6.68. The van der Waals surface area contributed by atoms with Crippen molar-refractivity contribution in [2.45, 2.75) is 18.6 Å². The van der Waals surface area contributed by atoms with Crippen LogP contribution in [0.5, 0.6) is 0 Å². The van der Waals surface area contributed by atoms with Gasteiger partial charge in [-0.25, -0.2) is 4.39 Å². The molecule has 0 bridgehead atoms. The molecule has 0 saturated carbocycles. The van der Waals surface area contributed by atoms with Gasteiger partial charge >= 0.3 is 0 Å². The van der Waals surface area contributed by atoms with Crippen LogP contribution in [0.1, 0.15) is 18.1 Å². The SMILES string of the molecule is NC1CCOC1c1ccc(Br)c(F)c1. The van der Waals surface area contributed by atoms with Gasteiger partial charge in [-0.05, 0) is 40.0 Å². The van der Waals surface area contributed by atoms with Crippen LogP contribution in [0.25, 0.3) is 0 Å². The number of hydrogen-bond acceptors (Lipinski definition) is 2. The minimum atomic E-state index is -0.273. The summed E-state index contributed by atoms with van der Waals surface area (Å²) in [5.41, 5.74) is 6.66. The molecule has 14 heavy (non-hydrogen) atoms. The highest BCUT2D eigenvalue weighted by molar-refractivity contribution is 9.10. The Kier molecular flexibility index (Phi) is 2.85. The van der Waals surface area contributed by atoms with E-state index < -0.39 is 0 Å². The molecule has 1 heterocycles. The Bertz CT molecular complexity index is 345. The van der Waals surface area contributed by atoms with Gasteiger partial charge in [-0.15, -0.1) is 0 Å². The molecular weight excluding hydrogens is 249 g/mol. The molecule has 1 saturated heterocycles. The van der Waals surface area contributed by atoms with Crippen LogP contribution in [-0.4, -0.2) is 12.6 Å². The molecule has 2 rings (SSSR count). The van der Waals surface area contributed by atoms with Crippen molar-refractivity contribution < 1.29 is 9.13 Å². The zero-order chi connectivity index (χ0) is 10.1. The van der Waals surface area contributed by atoms with Crippen molar-refractivity contribution >= 4 is 15.9 Å². The molecule has 1 aromatic carbocycles. The Balaban J connectivity index is 2.28. The summed E-state index contributed by atoms with van der Waals surface area (Å²) in [4.78, 5) is 0. The van der Waals surface area contributed by atoms with Gasteiger partial charge in [0.05, 0.1) is 10.6 Å². The Hall–Kier alpha value is -0.450. The third-order valence-electron chi connectivity index (χ3n) is 2.41. The summed E-state index contributed by atoms with van der Waals surface area (Å²) in [6, 6.07) is 4.97. The van der Waals surface area contributed by atoms with Crippen molar-refractivity contribution in [2.75, 3.05) is 6.61 Å². The number of ether oxygens (including phenoxy) is 1. The molecule has 0 aromatic heterocycles. The van der Waals surface area contributed by atoms with E-state index in [0.29, 0.717) is 11.1 Å². The number of hydrogen-bond donors (Lipinski definition) is 1. The van der Waals surface area contributed by atoms with E-state index in [1.807, 2.05) is 6.07 Å². The summed E-state index contributed by atoms with van der Waals surface area (Å²) >= 11 is 3.11. The average Bonchev–Trinajstić information content (AvgIpc) is 2.57. The van der Waals surface area contributed by atoms with E-state index in [9.17, 15) is 4.39 Å². The van der Waals surface area contributed by atoms with Gasteiger partial charge in [-0.1, -0.05) is 6.07 Å². The van der Waals surface area contributed by atoms with Crippen LogP contribution in [-0.2, 0) is 4.74 Å². The Morgan fingerprint density at radius 2 is 2.29 bits per heavy atom. The van der Waals surface area contributed by atoms with Crippen molar-refractivity contribution in [1.29, 1.82) is 0 Å². The van der Waals surface area contributed by atoms with Crippen LogP contribution in [0.2, 0.25) is 0 Å². The lowest BCUT2D eigenvalue weighted by atomic mass is 10.0. The lowest BCUT2D eigenvalue weighted by Crippen LogP contribution is -2.23. The van der Waals surface area contributed by atoms with E-state index in [4.69, 9.17) is 10.5 Å². The standard InChI is InChI=1S/C10H11BrFNO/c11-7-2-1-6(5-8(7)12)10-9(13)3-4-14-10/h1-2,5,9-10H,3-4,13H2. The van der Waals surface area contributed by atoms with Crippen LogP contribution < -0.4 is 5.73 Å². The fraction of sp³-hybridized carbons (Fsp3) is 0.400. The van der Waals surface area contributed by atoms with Crippen molar-refractivity contribution in [3.8, 4) is 0 Å². The monoisotopic (exact) mass is 259 g/mol. The lowest BCUT2D eigenvalue weighted by molar-refractivity contribution is 0.105. The first kappa shape index (κ1) is 10.1. The Morgan fingerprint density at radius 1 is 1.50 bits per heavy atom. The van der Waals surface area contributed by atoms with E-state index in [0.717, 1.165) is 12.0 Å². The molecule has 0 spiro atoms. The van der Waals surface area contributed by atoms with Gasteiger partial charge in [-0.3, -0.25) is 0 Å². The van der Waals surface area contributed by atoms with Gasteiger partial charge in [0, 0.05) is 12.6 Å². The minimum Gasteiger partial charge on any atom is -0.372 e. The quantitative estimate of drug-likeness (QED) is 0.841. The van der Waals surface area contributed by atoms with E-state index >= 15 is 0 Å². The maximum atomic E-state index is 13.2. The second-order valence-corrected chi connectivity index (χ2v) is 4.27. The maximum Gasteiger partial charge on any atom is 0.137 e. The van der Waals surface area contributed by atoms with E-state index in [-0.39, 0.29) is 18.0 Å². The van der Waals surface area contributed by atoms with Gasteiger partial charge in [0.15, 0.2) is 0 Å². The van der Waals surface area contributed by atoms with Gasteiger partial charge in [0.1, 0.15) is 5.82 Å². The van der Waals surface area contributed by atoms with Crippen LogP contribution >= 0.6 is 15.9 Å². The van der Waals surface area contributed by atoms with E-state index in [1.54, 1.807) is 6.07 Å². The molecule has 76 valence electrons. The molecule has 1 aliphatic heterocycles. The zero-order valence-corrected chi connectivity index (χ0v) is 9.13. The number of benzene rings is 1. The van der Waals surface area contributed by atoms with Crippen LogP contribution in [0, 0.1) is 5.82 Å². The summed E-state index contributed by atoms with van der Waals surface area (Å²) in [6.07, 6.45) is 0.681. The third kappa shape index (κ3) is 1.82. The molecule has 2 atom stereocenters. The summed E-state index contributed by atoms with van der Waals surface area (Å²) in [5, 5.41) is 0. The van der Waals surface area contributed by atoms with Gasteiger partial charge in [0.25, 0.3) is 0 Å². The third-order valence-corrected chi connectivity index (χ3v) is 3.05. The van der Waals surface area contributed by atoms with Crippen LogP contribution in [0.4, 0.5) is 4.39 Å². The summed E-state index contributed by atoms with van der Waals surface area (Å²) < 4.78 is 19.1. The first-order valence-electron chi connectivity index (χ1n) is 4.50. The van der Waals surface area contributed by atoms with E-state index in [1.165, 1.54) is 6.07 Å². The van der Waals surface area contributed by atoms with Crippen molar-refractivity contribution in [3.63, 3.8) is 0 Å². The van der Waals surface area contributed by atoms with Crippen molar-refractivity contribution in [3.05, 3.63) is 34.1 Å². The molecule has 0 amide bonds. The highest BCUT2D eigenvalue weighted by Crippen LogP contribution is 2.29. The topological polar surface area (TPSA) is 35.2 Å². The summed E-state index contributed by atoms with van der Waals surface area (Å²) in [6.45, 7) is 0.656. The number of halogens is 2. The Morgan fingerprint density at radius 3 is 2.86 bits per heavy atom. The summed E-state index contributed by atoms with van der Waals surface area (Å²) in [5.74, 6) is -0.273. The highest BCUT2D eigenvalue weighted by Gasteiger charge is 2.26. The minimum absolute atomic E-state index is 0.0180. The fourth-order valence-electron chi connectivity index (χ4n) is 1.64. The van der Waals surface area contributed by atoms with Crippen molar-refractivity contribution in [2.24, 2.45) is 5.73 Å². The maximum absolute atomic E-state index is 13.2. The highest BCUT2D eigenvalue weighted by atomic mass is 79.9. The molecule has 2 nitrogen and oxygen atoms in total. The van der Waals surface area contributed by atoms with Crippen LogP contribution in [0.3, 0.4) is 0 Å². The Labute approximate surface area is 90.4 Å². The normalized spacial score (nSPS) is 26.8. The second kappa shape index (κ2) is 3.96. The molecule has 2 unspecified atom stereocenters. The summed E-state index contributed by atoms with van der Waals surface area (Å²) in [7, 11) is 0. The van der Waals surface area contributed by atoms with Gasteiger partial charge in [0.2, 0.25) is 0 Å². The predicted octanol–water partition coefficient (Wildman–Crippen LogP) is 2.38. The molecule has 1 aromatic rings. The second-order valence-electron chi connectivity index (χ2n) is 3.42. The van der Waals surface area contributed by atoms with Crippen LogP contribution in [0.15, 0.2) is 22.7 Å². The van der Waals surface area contributed by atoms with Crippen molar-refractivity contribution in [1.82, 2.24) is 0 Å². The molecular formula is C10H11BrFNO. The molecule has 2 N–H and O–H groups in total. The molecule has 0 aliphatic carbocycles. The zero-order valence-electron chi connectivity index (χ0n) is 7.54. The van der Waals surface area contributed by atoms with Gasteiger partial charge < -0.3 is 10.5 Å². The van der Waals surface area contributed by atoms with Gasteiger partial charge in [-0.2, -0.15) is 0 Å². The molecule has 0 radical (unpaired) electrons. The number of nitrogens with two attached hydrogens (primary N) is 1. The van der Waals surface area contributed by atoms with E-state index in [2.05, 4.69) is 15.9 Å². The predicted molar refractivity (Wildman–Crippen MR) is 55.4 cm³/mol. The largest absolute Gasteiger partial charge is 0.372 e. The first-order valence-corrected chi connectivity index (χ1v) is 5.30. The lowest BCUT2D eigenvalue weighted by Gasteiger charge is -2.14. The molecule has 1 fully saturated rings. The number of rotatable bonds is 1.